The Morgan fingerprint density at radius 2 is 1.51 bits per heavy atom. The second-order valence-electron chi connectivity index (χ2n) is 9.41. The summed E-state index contributed by atoms with van der Waals surface area (Å²) >= 11 is 12.2. The molecule has 1 aliphatic rings. The molecule has 1 saturated heterocycles. The van der Waals surface area contributed by atoms with Crippen molar-refractivity contribution in [3.63, 3.8) is 0 Å². The molecule has 0 radical (unpaired) electrons. The van der Waals surface area contributed by atoms with Gasteiger partial charge in [0, 0.05) is 41.3 Å². The lowest BCUT2D eigenvalue weighted by Gasteiger charge is -2.35. The molecule has 2 heterocycles. The number of rotatable bonds is 9. The zero-order valence-corrected chi connectivity index (χ0v) is 22.0. The summed E-state index contributed by atoms with van der Waals surface area (Å²) in [6, 6.07) is 25.3. The Balaban J connectivity index is 1.15. The first-order valence-corrected chi connectivity index (χ1v) is 13.3. The minimum Gasteiger partial charge on any atom is -0.490 e. The van der Waals surface area contributed by atoms with E-state index in [9.17, 15) is 5.11 Å². The number of aliphatic hydroxyl groups is 1. The number of likely N-dealkylation sites (tertiary alicyclic amines) is 1. The van der Waals surface area contributed by atoms with Gasteiger partial charge in [-0.15, -0.1) is 0 Å². The highest BCUT2D eigenvalue weighted by Gasteiger charge is 2.26. The third-order valence-corrected chi connectivity index (χ3v) is 7.22. The molecule has 0 saturated carbocycles. The number of benzene rings is 3. The van der Waals surface area contributed by atoms with Crippen LogP contribution in [0.3, 0.4) is 0 Å². The first-order chi connectivity index (χ1) is 18.0. The van der Waals surface area contributed by atoms with E-state index in [-0.39, 0.29) is 18.8 Å². The summed E-state index contributed by atoms with van der Waals surface area (Å²) < 4.78 is 12.6. The monoisotopic (exact) mass is 536 g/mol. The largest absolute Gasteiger partial charge is 0.490 e. The van der Waals surface area contributed by atoms with Crippen LogP contribution in [0.1, 0.15) is 30.1 Å². The van der Waals surface area contributed by atoms with Crippen molar-refractivity contribution < 1.29 is 14.6 Å². The van der Waals surface area contributed by atoms with Gasteiger partial charge in [0.2, 0.25) is 0 Å². The number of fused-ring (bicyclic) bond motifs is 1. The predicted octanol–water partition coefficient (Wildman–Crippen LogP) is 6.55. The highest BCUT2D eigenvalue weighted by atomic mass is 35.5. The van der Waals surface area contributed by atoms with Crippen LogP contribution in [-0.2, 0) is 4.74 Å². The summed E-state index contributed by atoms with van der Waals surface area (Å²) in [5.41, 5.74) is 3.00. The number of ether oxygens (including phenoxy) is 2. The molecule has 4 aromatic rings. The van der Waals surface area contributed by atoms with E-state index < -0.39 is 6.10 Å². The van der Waals surface area contributed by atoms with Gasteiger partial charge >= 0.3 is 0 Å². The van der Waals surface area contributed by atoms with Crippen molar-refractivity contribution in [1.29, 1.82) is 0 Å². The summed E-state index contributed by atoms with van der Waals surface area (Å²) in [6.07, 6.45) is 2.88. The van der Waals surface area contributed by atoms with Gasteiger partial charge in [0.15, 0.2) is 0 Å². The quantitative estimate of drug-likeness (QED) is 0.262. The van der Waals surface area contributed by atoms with Gasteiger partial charge < -0.3 is 19.5 Å². The Hall–Kier alpha value is -2.67. The number of pyridine rings is 1. The van der Waals surface area contributed by atoms with E-state index >= 15 is 0 Å². The Morgan fingerprint density at radius 3 is 2.16 bits per heavy atom. The summed E-state index contributed by atoms with van der Waals surface area (Å²) in [7, 11) is 0. The number of aromatic nitrogens is 1. The van der Waals surface area contributed by atoms with Crippen LogP contribution < -0.4 is 4.74 Å². The number of aliphatic hydroxyl groups excluding tert-OH is 1. The Morgan fingerprint density at radius 1 is 0.865 bits per heavy atom. The Bertz CT molecular complexity index is 1240. The normalized spacial score (nSPS) is 15.8. The summed E-state index contributed by atoms with van der Waals surface area (Å²) in [5, 5.41) is 13.0. The second-order valence-corrected chi connectivity index (χ2v) is 10.3. The Kier molecular flexibility index (Phi) is 8.59. The van der Waals surface area contributed by atoms with E-state index in [0.29, 0.717) is 16.6 Å². The van der Waals surface area contributed by atoms with Crippen LogP contribution in [0, 0.1) is 0 Å². The van der Waals surface area contributed by atoms with E-state index in [2.05, 4.69) is 9.88 Å². The molecule has 1 aromatic heterocycles. The molecule has 7 heteroatoms. The second kappa shape index (κ2) is 12.2. The van der Waals surface area contributed by atoms with Gasteiger partial charge in [-0.3, -0.25) is 4.98 Å². The number of hydrogen-bond acceptors (Lipinski definition) is 5. The standard InChI is InChI=1S/C30H30Cl2N2O3/c31-23-10-6-21(7-11-23)30(22-8-12-24(32)13-9-22)37-26-14-17-34(18-15-26)19-25(35)20-36-29-5-1-4-28-27(29)3-2-16-33-28/h1-13,16,25-26,30,35H,14-15,17-20H2. The molecular weight excluding hydrogens is 507 g/mol. The molecule has 5 rings (SSSR count). The molecule has 1 aliphatic heterocycles. The number of hydrogen-bond donors (Lipinski definition) is 1. The van der Waals surface area contributed by atoms with Crippen molar-refractivity contribution in [2.75, 3.05) is 26.2 Å². The highest BCUT2D eigenvalue weighted by Crippen LogP contribution is 2.32. The fraction of sp³-hybridized carbons (Fsp3) is 0.300. The van der Waals surface area contributed by atoms with Gasteiger partial charge in [0.25, 0.3) is 0 Å². The maximum absolute atomic E-state index is 10.7. The summed E-state index contributed by atoms with van der Waals surface area (Å²) in [5.74, 6) is 0.743. The van der Waals surface area contributed by atoms with Gasteiger partial charge in [-0.1, -0.05) is 53.5 Å². The summed E-state index contributed by atoms with van der Waals surface area (Å²) in [6.45, 7) is 2.51. The first-order valence-electron chi connectivity index (χ1n) is 12.6. The molecule has 1 fully saturated rings. The predicted molar refractivity (Wildman–Crippen MR) is 149 cm³/mol. The molecular formula is C30H30Cl2N2O3. The van der Waals surface area contributed by atoms with Crippen LogP contribution in [0.5, 0.6) is 5.75 Å². The van der Waals surface area contributed by atoms with Gasteiger partial charge in [-0.25, -0.2) is 0 Å². The first kappa shape index (κ1) is 26.0. The van der Waals surface area contributed by atoms with E-state index in [1.165, 1.54) is 0 Å². The molecule has 37 heavy (non-hydrogen) atoms. The molecule has 0 spiro atoms. The van der Waals surface area contributed by atoms with Crippen molar-refractivity contribution in [2.24, 2.45) is 0 Å². The average Bonchev–Trinajstić information content (AvgIpc) is 2.93. The van der Waals surface area contributed by atoms with Crippen LogP contribution in [0.25, 0.3) is 10.9 Å². The molecule has 5 nitrogen and oxygen atoms in total. The zero-order chi connectivity index (χ0) is 25.6. The van der Waals surface area contributed by atoms with Crippen molar-refractivity contribution >= 4 is 34.1 Å². The zero-order valence-electron chi connectivity index (χ0n) is 20.5. The molecule has 0 bridgehead atoms. The maximum atomic E-state index is 10.7. The molecule has 1 atom stereocenters. The average molecular weight is 537 g/mol. The fourth-order valence-electron chi connectivity index (χ4n) is 4.78. The lowest BCUT2D eigenvalue weighted by atomic mass is 10.00. The number of β-amino-alcohol motifs (C(OH)–C–C–N with tert-alkyl or cyclic N) is 1. The molecule has 1 unspecified atom stereocenters. The van der Waals surface area contributed by atoms with Crippen LogP contribution in [-0.4, -0.2) is 53.4 Å². The van der Waals surface area contributed by atoms with E-state index in [4.69, 9.17) is 32.7 Å². The third kappa shape index (κ3) is 6.81. The maximum Gasteiger partial charge on any atom is 0.128 e. The topological polar surface area (TPSA) is 54.8 Å². The van der Waals surface area contributed by atoms with Crippen molar-refractivity contribution in [3.8, 4) is 5.75 Å². The highest BCUT2D eigenvalue weighted by molar-refractivity contribution is 6.30. The molecule has 0 amide bonds. The lowest BCUT2D eigenvalue weighted by molar-refractivity contribution is -0.0346. The molecule has 3 aromatic carbocycles. The van der Waals surface area contributed by atoms with Crippen LogP contribution >= 0.6 is 23.2 Å². The van der Waals surface area contributed by atoms with Crippen molar-refractivity contribution in [1.82, 2.24) is 9.88 Å². The molecule has 192 valence electrons. The SMILES string of the molecule is OC(COc1cccc2ncccc12)CN1CCC(OC(c2ccc(Cl)cc2)c2ccc(Cl)cc2)CC1. The van der Waals surface area contributed by atoms with Gasteiger partial charge in [-0.2, -0.15) is 0 Å². The van der Waals surface area contributed by atoms with E-state index in [0.717, 1.165) is 53.7 Å². The fourth-order valence-corrected chi connectivity index (χ4v) is 5.03. The van der Waals surface area contributed by atoms with Gasteiger partial charge in [0.05, 0.1) is 11.6 Å². The smallest absolute Gasteiger partial charge is 0.128 e. The minimum absolute atomic E-state index is 0.115. The number of halogens is 2. The van der Waals surface area contributed by atoms with E-state index in [1.807, 2.05) is 78.9 Å². The van der Waals surface area contributed by atoms with Crippen LogP contribution in [0.15, 0.2) is 85.1 Å². The van der Waals surface area contributed by atoms with Gasteiger partial charge in [-0.05, 0) is 72.5 Å². The number of nitrogens with zero attached hydrogens (tertiary/aromatic N) is 2. The molecule has 0 aliphatic carbocycles. The Labute approximate surface area is 227 Å². The van der Waals surface area contributed by atoms with Crippen molar-refractivity contribution in [2.45, 2.75) is 31.2 Å². The van der Waals surface area contributed by atoms with Gasteiger partial charge in [0.1, 0.15) is 24.6 Å². The lowest BCUT2D eigenvalue weighted by Crippen LogP contribution is -2.42. The summed E-state index contributed by atoms with van der Waals surface area (Å²) in [4.78, 5) is 6.64. The number of piperidine rings is 1. The van der Waals surface area contributed by atoms with E-state index in [1.54, 1.807) is 6.20 Å². The third-order valence-electron chi connectivity index (χ3n) is 6.71. The molecule has 1 N–H and O–H groups in total. The minimum atomic E-state index is -0.583. The van der Waals surface area contributed by atoms with Crippen LogP contribution in [0.4, 0.5) is 0 Å². The van der Waals surface area contributed by atoms with Crippen molar-refractivity contribution in [3.05, 3.63) is 106 Å². The van der Waals surface area contributed by atoms with Crippen LogP contribution in [0.2, 0.25) is 10.0 Å².